The highest BCUT2D eigenvalue weighted by atomic mass is 16.2. The van der Waals surface area contributed by atoms with E-state index in [0.717, 1.165) is 19.5 Å². The predicted octanol–water partition coefficient (Wildman–Crippen LogP) is 2.16. The third-order valence-electron chi connectivity index (χ3n) is 3.11. The van der Waals surface area contributed by atoms with Gasteiger partial charge in [-0.3, -0.25) is 0 Å². The van der Waals surface area contributed by atoms with Crippen LogP contribution in [0.25, 0.3) is 0 Å². The normalized spacial score (nSPS) is 19.9. The molecule has 2 rings (SSSR count). The summed E-state index contributed by atoms with van der Waals surface area (Å²) in [6, 6.07) is 10.6. The Morgan fingerprint density at radius 2 is 2.00 bits per heavy atom. The summed E-state index contributed by atoms with van der Waals surface area (Å²) < 4.78 is 0. The largest absolute Gasteiger partial charge is 0.331 e. The highest BCUT2D eigenvalue weighted by molar-refractivity contribution is 5.74. The number of amides is 2. The molecule has 1 aromatic rings. The fourth-order valence-corrected chi connectivity index (χ4v) is 2.21. The Morgan fingerprint density at radius 3 is 2.62 bits per heavy atom. The minimum atomic E-state index is 0.124. The number of carbonyl (C=O) groups is 1. The van der Waals surface area contributed by atoms with Crippen LogP contribution in [0.2, 0.25) is 0 Å². The van der Waals surface area contributed by atoms with Crippen LogP contribution in [0.15, 0.2) is 30.3 Å². The summed E-state index contributed by atoms with van der Waals surface area (Å²) in [4.78, 5) is 15.3. The third kappa shape index (κ3) is 2.18. The van der Waals surface area contributed by atoms with Gasteiger partial charge >= 0.3 is 6.03 Å². The Kier molecular flexibility index (Phi) is 3.13. The first-order valence-electron chi connectivity index (χ1n) is 5.69. The van der Waals surface area contributed by atoms with Crippen LogP contribution in [0.1, 0.15) is 17.9 Å². The standard InChI is InChI=1S/C13H18N2O/c1-14(2)13(16)15-9-8-12(10-15)11-6-4-3-5-7-11/h3-7,12H,8-10H2,1-2H3. The second-order valence-electron chi connectivity index (χ2n) is 4.52. The monoisotopic (exact) mass is 218 g/mol. The van der Waals surface area contributed by atoms with E-state index in [2.05, 4.69) is 24.3 Å². The van der Waals surface area contributed by atoms with Crippen LogP contribution >= 0.6 is 0 Å². The maximum Gasteiger partial charge on any atom is 0.319 e. The first kappa shape index (κ1) is 11.0. The SMILES string of the molecule is CN(C)C(=O)N1CCC(c2ccccc2)C1. The van der Waals surface area contributed by atoms with E-state index in [-0.39, 0.29) is 6.03 Å². The lowest BCUT2D eigenvalue weighted by molar-refractivity contribution is 0.181. The Hall–Kier alpha value is -1.51. The first-order valence-corrected chi connectivity index (χ1v) is 5.69. The molecule has 0 saturated carbocycles. The number of benzene rings is 1. The van der Waals surface area contributed by atoms with E-state index in [1.165, 1.54) is 5.56 Å². The Balaban J connectivity index is 2.01. The van der Waals surface area contributed by atoms with Gasteiger partial charge in [-0.25, -0.2) is 4.79 Å². The molecule has 0 spiro atoms. The van der Waals surface area contributed by atoms with Crippen molar-refractivity contribution >= 4 is 6.03 Å². The van der Waals surface area contributed by atoms with Gasteiger partial charge in [0.25, 0.3) is 0 Å². The number of rotatable bonds is 1. The number of carbonyl (C=O) groups excluding carboxylic acids is 1. The van der Waals surface area contributed by atoms with Gasteiger partial charge in [0.15, 0.2) is 0 Å². The quantitative estimate of drug-likeness (QED) is 0.708. The van der Waals surface area contributed by atoms with E-state index in [0.29, 0.717) is 5.92 Å². The van der Waals surface area contributed by atoms with E-state index in [1.807, 2.05) is 11.0 Å². The van der Waals surface area contributed by atoms with Crippen LogP contribution in [0.5, 0.6) is 0 Å². The van der Waals surface area contributed by atoms with Crippen molar-refractivity contribution in [2.24, 2.45) is 0 Å². The van der Waals surface area contributed by atoms with Crippen LogP contribution in [0.3, 0.4) is 0 Å². The van der Waals surface area contributed by atoms with E-state index in [1.54, 1.807) is 19.0 Å². The van der Waals surface area contributed by atoms with Crippen molar-refractivity contribution in [1.82, 2.24) is 9.80 Å². The highest BCUT2D eigenvalue weighted by Crippen LogP contribution is 2.27. The molecule has 1 aliphatic rings. The minimum absolute atomic E-state index is 0.124. The van der Waals surface area contributed by atoms with Gasteiger partial charge in [-0.1, -0.05) is 30.3 Å². The van der Waals surface area contributed by atoms with E-state index in [4.69, 9.17) is 0 Å². The van der Waals surface area contributed by atoms with Crippen LogP contribution in [0, 0.1) is 0 Å². The number of likely N-dealkylation sites (tertiary alicyclic amines) is 1. The van der Waals surface area contributed by atoms with Crippen molar-refractivity contribution in [3.63, 3.8) is 0 Å². The fourth-order valence-electron chi connectivity index (χ4n) is 2.21. The molecule has 3 nitrogen and oxygen atoms in total. The van der Waals surface area contributed by atoms with Crippen molar-refractivity contribution in [1.29, 1.82) is 0 Å². The second kappa shape index (κ2) is 4.56. The van der Waals surface area contributed by atoms with E-state index >= 15 is 0 Å². The number of nitrogens with zero attached hydrogens (tertiary/aromatic N) is 2. The lowest BCUT2D eigenvalue weighted by Crippen LogP contribution is -2.37. The summed E-state index contributed by atoms with van der Waals surface area (Å²) in [6.45, 7) is 1.72. The average molecular weight is 218 g/mol. The van der Waals surface area contributed by atoms with Gasteiger partial charge in [-0.2, -0.15) is 0 Å². The molecule has 1 saturated heterocycles. The van der Waals surface area contributed by atoms with Crippen LogP contribution in [-0.4, -0.2) is 43.0 Å². The van der Waals surface area contributed by atoms with Crippen LogP contribution < -0.4 is 0 Å². The molecular weight excluding hydrogens is 200 g/mol. The Bertz CT molecular complexity index is 361. The summed E-state index contributed by atoms with van der Waals surface area (Å²) in [5, 5.41) is 0. The molecule has 3 heteroatoms. The van der Waals surface area contributed by atoms with Gasteiger partial charge in [-0.15, -0.1) is 0 Å². The molecule has 0 radical (unpaired) electrons. The zero-order chi connectivity index (χ0) is 11.5. The second-order valence-corrected chi connectivity index (χ2v) is 4.52. The Labute approximate surface area is 96.7 Å². The van der Waals surface area contributed by atoms with Gasteiger partial charge in [-0.05, 0) is 12.0 Å². The maximum absolute atomic E-state index is 11.8. The molecule has 0 aromatic heterocycles. The zero-order valence-electron chi connectivity index (χ0n) is 9.89. The summed E-state index contributed by atoms with van der Waals surface area (Å²) >= 11 is 0. The molecule has 16 heavy (non-hydrogen) atoms. The van der Waals surface area contributed by atoms with Gasteiger partial charge < -0.3 is 9.80 Å². The number of urea groups is 1. The van der Waals surface area contributed by atoms with Crippen molar-refractivity contribution < 1.29 is 4.79 Å². The van der Waals surface area contributed by atoms with Crippen molar-refractivity contribution in [2.45, 2.75) is 12.3 Å². The summed E-state index contributed by atoms with van der Waals surface area (Å²) in [5.74, 6) is 0.505. The van der Waals surface area contributed by atoms with E-state index < -0.39 is 0 Å². The molecule has 0 N–H and O–H groups in total. The van der Waals surface area contributed by atoms with Gasteiger partial charge in [0.05, 0.1) is 0 Å². The smallest absolute Gasteiger partial charge is 0.319 e. The molecule has 1 aromatic carbocycles. The maximum atomic E-state index is 11.8. The average Bonchev–Trinajstić information content (AvgIpc) is 2.78. The summed E-state index contributed by atoms with van der Waals surface area (Å²) in [7, 11) is 3.61. The molecule has 1 heterocycles. The Morgan fingerprint density at radius 1 is 1.31 bits per heavy atom. The number of hydrogen-bond donors (Lipinski definition) is 0. The molecule has 86 valence electrons. The van der Waals surface area contributed by atoms with Crippen LogP contribution in [0.4, 0.5) is 4.79 Å². The number of hydrogen-bond acceptors (Lipinski definition) is 1. The molecule has 0 aliphatic carbocycles. The van der Waals surface area contributed by atoms with E-state index in [9.17, 15) is 4.79 Å². The van der Waals surface area contributed by atoms with Crippen molar-refractivity contribution in [3.05, 3.63) is 35.9 Å². The molecule has 0 bridgehead atoms. The van der Waals surface area contributed by atoms with Gasteiger partial charge in [0.2, 0.25) is 0 Å². The minimum Gasteiger partial charge on any atom is -0.331 e. The topological polar surface area (TPSA) is 23.6 Å². The molecule has 1 fully saturated rings. The van der Waals surface area contributed by atoms with Crippen molar-refractivity contribution in [3.8, 4) is 0 Å². The molecule has 1 unspecified atom stereocenters. The molecule has 2 amide bonds. The molecular formula is C13H18N2O. The van der Waals surface area contributed by atoms with Crippen molar-refractivity contribution in [2.75, 3.05) is 27.2 Å². The third-order valence-corrected chi connectivity index (χ3v) is 3.11. The molecule has 1 aliphatic heterocycles. The zero-order valence-corrected chi connectivity index (χ0v) is 9.89. The highest BCUT2D eigenvalue weighted by Gasteiger charge is 2.27. The van der Waals surface area contributed by atoms with Gasteiger partial charge in [0.1, 0.15) is 0 Å². The predicted molar refractivity (Wildman–Crippen MR) is 64.5 cm³/mol. The summed E-state index contributed by atoms with van der Waals surface area (Å²) in [5.41, 5.74) is 1.34. The first-order chi connectivity index (χ1) is 7.68. The fraction of sp³-hybridized carbons (Fsp3) is 0.462. The lowest BCUT2D eigenvalue weighted by Gasteiger charge is -2.21. The van der Waals surface area contributed by atoms with Gasteiger partial charge in [0, 0.05) is 33.1 Å². The van der Waals surface area contributed by atoms with Crippen LogP contribution in [-0.2, 0) is 0 Å². The summed E-state index contributed by atoms with van der Waals surface area (Å²) in [6.07, 6.45) is 1.07. The lowest BCUT2D eigenvalue weighted by atomic mass is 9.99. The molecule has 1 atom stereocenters.